The van der Waals surface area contributed by atoms with Crippen molar-refractivity contribution in [1.29, 1.82) is 0 Å². The number of benzene rings is 1. The van der Waals surface area contributed by atoms with Gasteiger partial charge in [-0.2, -0.15) is 0 Å². The first kappa shape index (κ1) is 18.4. The van der Waals surface area contributed by atoms with E-state index in [0.29, 0.717) is 19.6 Å². The van der Waals surface area contributed by atoms with Crippen molar-refractivity contribution < 1.29 is 14.0 Å². The standard InChI is InChI=1S/C21H28FN3O2/c22-18-6-3-5-17(15-18)21(7-4-8-21)20(27)25-13-11-23(12-14-25)16-19(26)24-9-1-2-10-24/h3,5-6,15H,1-2,4,7-14,16H2. The molecule has 4 rings (SSSR count). The lowest BCUT2D eigenvalue weighted by Crippen LogP contribution is -2.57. The number of nitrogens with zero attached hydrogens (tertiary/aromatic N) is 3. The molecule has 1 aromatic carbocycles. The van der Waals surface area contributed by atoms with Crippen LogP contribution in [0.1, 0.15) is 37.7 Å². The highest BCUT2D eigenvalue weighted by Gasteiger charge is 2.48. The maximum atomic E-state index is 13.7. The zero-order valence-corrected chi connectivity index (χ0v) is 15.8. The first-order valence-corrected chi connectivity index (χ1v) is 10.1. The Balaban J connectivity index is 1.36. The highest BCUT2D eigenvalue weighted by atomic mass is 19.1. The molecule has 0 aromatic heterocycles. The van der Waals surface area contributed by atoms with E-state index in [0.717, 1.165) is 63.8 Å². The van der Waals surface area contributed by atoms with Crippen LogP contribution in [0.25, 0.3) is 0 Å². The zero-order chi connectivity index (χ0) is 18.9. The molecule has 1 aliphatic carbocycles. The molecule has 2 heterocycles. The van der Waals surface area contributed by atoms with E-state index in [-0.39, 0.29) is 17.6 Å². The largest absolute Gasteiger partial charge is 0.342 e. The normalized spacial score (nSPS) is 22.6. The van der Waals surface area contributed by atoms with Gasteiger partial charge in [0.05, 0.1) is 12.0 Å². The van der Waals surface area contributed by atoms with E-state index in [4.69, 9.17) is 0 Å². The second-order valence-electron chi connectivity index (χ2n) is 8.10. The van der Waals surface area contributed by atoms with Crippen LogP contribution in [0.2, 0.25) is 0 Å². The monoisotopic (exact) mass is 373 g/mol. The molecule has 0 atom stereocenters. The second-order valence-corrected chi connectivity index (χ2v) is 8.10. The average Bonchev–Trinajstić information content (AvgIpc) is 3.16. The van der Waals surface area contributed by atoms with E-state index in [9.17, 15) is 14.0 Å². The summed E-state index contributed by atoms with van der Waals surface area (Å²) in [6.45, 7) is 4.96. The fraction of sp³-hybridized carbons (Fsp3) is 0.619. The fourth-order valence-electron chi connectivity index (χ4n) is 4.61. The summed E-state index contributed by atoms with van der Waals surface area (Å²) in [4.78, 5) is 31.6. The summed E-state index contributed by atoms with van der Waals surface area (Å²) >= 11 is 0. The lowest BCUT2D eigenvalue weighted by Gasteiger charge is -2.46. The molecular formula is C21H28FN3O2. The first-order valence-electron chi connectivity index (χ1n) is 10.1. The predicted molar refractivity (Wildman–Crippen MR) is 101 cm³/mol. The van der Waals surface area contributed by atoms with Gasteiger partial charge in [-0.1, -0.05) is 18.6 Å². The van der Waals surface area contributed by atoms with Crippen molar-refractivity contribution in [3.05, 3.63) is 35.6 Å². The Morgan fingerprint density at radius 2 is 1.63 bits per heavy atom. The zero-order valence-electron chi connectivity index (χ0n) is 15.8. The van der Waals surface area contributed by atoms with Gasteiger partial charge in [-0.25, -0.2) is 4.39 Å². The second kappa shape index (κ2) is 7.58. The Hall–Kier alpha value is -1.95. The minimum absolute atomic E-state index is 0.130. The van der Waals surface area contributed by atoms with Crippen molar-refractivity contribution in [2.45, 2.75) is 37.5 Å². The molecule has 1 aromatic rings. The van der Waals surface area contributed by atoms with Gasteiger partial charge in [0, 0.05) is 39.3 Å². The van der Waals surface area contributed by atoms with Crippen LogP contribution in [-0.4, -0.2) is 72.3 Å². The van der Waals surface area contributed by atoms with E-state index in [2.05, 4.69) is 4.90 Å². The Morgan fingerprint density at radius 1 is 0.926 bits per heavy atom. The Morgan fingerprint density at radius 3 is 2.22 bits per heavy atom. The summed E-state index contributed by atoms with van der Waals surface area (Å²) in [6, 6.07) is 6.52. The van der Waals surface area contributed by atoms with E-state index in [1.165, 1.54) is 12.1 Å². The number of halogens is 1. The number of amides is 2. The van der Waals surface area contributed by atoms with Crippen molar-refractivity contribution in [3.8, 4) is 0 Å². The molecule has 1 saturated carbocycles. The van der Waals surface area contributed by atoms with E-state index < -0.39 is 5.41 Å². The van der Waals surface area contributed by atoms with E-state index >= 15 is 0 Å². The molecule has 6 heteroatoms. The quantitative estimate of drug-likeness (QED) is 0.811. The third-order valence-corrected chi connectivity index (χ3v) is 6.47. The van der Waals surface area contributed by atoms with Crippen molar-refractivity contribution in [3.63, 3.8) is 0 Å². The first-order chi connectivity index (χ1) is 13.1. The molecule has 0 radical (unpaired) electrons. The van der Waals surface area contributed by atoms with E-state index in [1.54, 1.807) is 6.07 Å². The predicted octanol–water partition coefficient (Wildman–Crippen LogP) is 2.01. The van der Waals surface area contributed by atoms with Crippen molar-refractivity contribution >= 4 is 11.8 Å². The number of hydrogen-bond donors (Lipinski definition) is 0. The number of carbonyl (C=O) groups is 2. The molecule has 146 valence electrons. The van der Waals surface area contributed by atoms with Crippen molar-refractivity contribution in [2.75, 3.05) is 45.8 Å². The van der Waals surface area contributed by atoms with Gasteiger partial charge >= 0.3 is 0 Å². The van der Waals surface area contributed by atoms with Crippen LogP contribution < -0.4 is 0 Å². The number of likely N-dealkylation sites (tertiary alicyclic amines) is 1. The van der Waals surface area contributed by atoms with Gasteiger partial charge in [0.1, 0.15) is 5.82 Å². The molecule has 27 heavy (non-hydrogen) atoms. The van der Waals surface area contributed by atoms with Gasteiger partial charge in [0.15, 0.2) is 0 Å². The molecule has 2 saturated heterocycles. The SMILES string of the molecule is O=C(CN1CCN(C(=O)C2(c3cccc(F)c3)CCC2)CC1)N1CCCC1. The van der Waals surface area contributed by atoms with Crippen LogP contribution in [0.15, 0.2) is 24.3 Å². The number of rotatable bonds is 4. The van der Waals surface area contributed by atoms with Gasteiger partial charge in [-0.3, -0.25) is 14.5 Å². The molecule has 2 amide bonds. The van der Waals surface area contributed by atoms with Crippen LogP contribution in [0.3, 0.4) is 0 Å². The molecule has 5 nitrogen and oxygen atoms in total. The molecule has 3 fully saturated rings. The number of carbonyl (C=O) groups excluding carboxylic acids is 2. The minimum Gasteiger partial charge on any atom is -0.342 e. The maximum Gasteiger partial charge on any atom is 0.236 e. The summed E-state index contributed by atoms with van der Waals surface area (Å²) in [7, 11) is 0. The Kier molecular flexibility index (Phi) is 5.17. The lowest BCUT2D eigenvalue weighted by atomic mass is 9.63. The van der Waals surface area contributed by atoms with Crippen molar-refractivity contribution in [1.82, 2.24) is 14.7 Å². The topological polar surface area (TPSA) is 43.9 Å². The van der Waals surface area contributed by atoms with Gasteiger partial charge in [-0.05, 0) is 43.4 Å². The molecule has 0 unspecified atom stereocenters. The number of piperazine rings is 1. The van der Waals surface area contributed by atoms with Crippen LogP contribution in [0.5, 0.6) is 0 Å². The van der Waals surface area contributed by atoms with Crippen LogP contribution in [-0.2, 0) is 15.0 Å². The molecule has 0 N–H and O–H groups in total. The third kappa shape index (κ3) is 3.59. The summed E-state index contributed by atoms with van der Waals surface area (Å²) < 4.78 is 13.7. The van der Waals surface area contributed by atoms with E-state index in [1.807, 2.05) is 15.9 Å². The molecule has 0 bridgehead atoms. The van der Waals surface area contributed by atoms with Crippen LogP contribution >= 0.6 is 0 Å². The molecule has 0 spiro atoms. The Bertz CT molecular complexity index is 705. The third-order valence-electron chi connectivity index (χ3n) is 6.47. The van der Waals surface area contributed by atoms with Gasteiger partial charge in [0.2, 0.25) is 11.8 Å². The summed E-state index contributed by atoms with van der Waals surface area (Å²) in [5, 5.41) is 0. The minimum atomic E-state index is -0.546. The van der Waals surface area contributed by atoms with Gasteiger partial charge in [0.25, 0.3) is 0 Å². The summed E-state index contributed by atoms with van der Waals surface area (Å²) in [6.07, 6.45) is 4.81. The smallest absolute Gasteiger partial charge is 0.236 e. The fourth-order valence-corrected chi connectivity index (χ4v) is 4.61. The van der Waals surface area contributed by atoms with Crippen LogP contribution in [0, 0.1) is 5.82 Å². The highest BCUT2D eigenvalue weighted by molar-refractivity contribution is 5.89. The molecule has 2 aliphatic heterocycles. The molecular weight excluding hydrogens is 345 g/mol. The number of hydrogen-bond acceptors (Lipinski definition) is 3. The highest BCUT2D eigenvalue weighted by Crippen LogP contribution is 2.45. The maximum absolute atomic E-state index is 13.7. The summed E-state index contributed by atoms with van der Waals surface area (Å²) in [5.74, 6) is 0.0594. The van der Waals surface area contributed by atoms with Gasteiger partial charge in [-0.15, -0.1) is 0 Å². The Labute approximate surface area is 160 Å². The van der Waals surface area contributed by atoms with Crippen LogP contribution in [0.4, 0.5) is 4.39 Å². The van der Waals surface area contributed by atoms with Crippen molar-refractivity contribution in [2.24, 2.45) is 0 Å². The lowest BCUT2D eigenvalue weighted by molar-refractivity contribution is -0.143. The van der Waals surface area contributed by atoms with Gasteiger partial charge < -0.3 is 9.80 Å². The molecule has 3 aliphatic rings. The summed E-state index contributed by atoms with van der Waals surface area (Å²) in [5.41, 5.74) is 0.265. The average molecular weight is 373 g/mol.